The largest absolute Gasteiger partial charge is 0.314 e. The molecule has 5 nitrogen and oxygen atoms in total. The Hall–Kier alpha value is -0.940. The molecular formula is C16H27N3O2. The molecule has 0 bridgehead atoms. The van der Waals surface area contributed by atoms with Crippen molar-refractivity contribution in [2.75, 3.05) is 32.7 Å². The van der Waals surface area contributed by atoms with Gasteiger partial charge in [-0.1, -0.05) is 19.3 Å². The fraction of sp³-hybridized carbons (Fsp3) is 0.875. The van der Waals surface area contributed by atoms with Crippen LogP contribution in [-0.2, 0) is 9.59 Å². The number of piperazine rings is 1. The minimum absolute atomic E-state index is 0.0379. The Balaban J connectivity index is 1.71. The molecule has 0 aromatic carbocycles. The van der Waals surface area contributed by atoms with Crippen LogP contribution in [0.5, 0.6) is 0 Å². The van der Waals surface area contributed by atoms with Crippen LogP contribution in [0.15, 0.2) is 0 Å². The van der Waals surface area contributed by atoms with Gasteiger partial charge in [-0.15, -0.1) is 0 Å². The molecule has 3 rings (SSSR count). The summed E-state index contributed by atoms with van der Waals surface area (Å²) in [6.07, 6.45) is 7.28. The van der Waals surface area contributed by atoms with Crippen LogP contribution in [0.2, 0.25) is 0 Å². The molecule has 0 radical (unpaired) electrons. The van der Waals surface area contributed by atoms with E-state index in [1.54, 1.807) is 4.90 Å². The Morgan fingerprint density at radius 3 is 2.24 bits per heavy atom. The van der Waals surface area contributed by atoms with Crippen LogP contribution >= 0.6 is 0 Å². The molecule has 2 heterocycles. The van der Waals surface area contributed by atoms with E-state index in [0.29, 0.717) is 31.3 Å². The molecule has 1 aliphatic carbocycles. The molecule has 2 amide bonds. The minimum atomic E-state index is 0.0379. The predicted octanol–water partition coefficient (Wildman–Crippen LogP) is 0.990. The lowest BCUT2D eigenvalue weighted by molar-refractivity contribution is -0.139. The highest BCUT2D eigenvalue weighted by atomic mass is 16.2. The summed E-state index contributed by atoms with van der Waals surface area (Å²) in [5.41, 5.74) is 0. The normalized spacial score (nSPS) is 27.3. The van der Waals surface area contributed by atoms with E-state index in [1.165, 1.54) is 32.1 Å². The van der Waals surface area contributed by atoms with Gasteiger partial charge in [0.2, 0.25) is 11.8 Å². The fourth-order valence-corrected chi connectivity index (χ4v) is 4.11. The van der Waals surface area contributed by atoms with Crippen molar-refractivity contribution in [2.24, 2.45) is 5.92 Å². The van der Waals surface area contributed by atoms with Gasteiger partial charge in [-0.25, -0.2) is 0 Å². The number of likely N-dealkylation sites (tertiary alicyclic amines) is 1. The van der Waals surface area contributed by atoms with Crippen molar-refractivity contribution in [3.63, 3.8) is 0 Å². The summed E-state index contributed by atoms with van der Waals surface area (Å²) in [5, 5.41) is 3.39. The van der Waals surface area contributed by atoms with Gasteiger partial charge < -0.3 is 5.32 Å². The monoisotopic (exact) mass is 293 g/mol. The van der Waals surface area contributed by atoms with E-state index in [0.717, 1.165) is 26.2 Å². The minimum Gasteiger partial charge on any atom is -0.314 e. The maximum Gasteiger partial charge on any atom is 0.229 e. The molecule has 1 atom stereocenters. The summed E-state index contributed by atoms with van der Waals surface area (Å²) in [5.74, 6) is 0.727. The summed E-state index contributed by atoms with van der Waals surface area (Å²) in [6.45, 7) is 4.74. The van der Waals surface area contributed by atoms with Crippen molar-refractivity contribution < 1.29 is 9.59 Å². The average molecular weight is 293 g/mol. The van der Waals surface area contributed by atoms with Gasteiger partial charge in [-0.2, -0.15) is 0 Å². The zero-order valence-electron chi connectivity index (χ0n) is 12.9. The molecule has 21 heavy (non-hydrogen) atoms. The van der Waals surface area contributed by atoms with E-state index in [4.69, 9.17) is 0 Å². The number of amides is 2. The number of carbonyl (C=O) groups excluding carboxylic acids is 2. The molecule has 2 saturated heterocycles. The summed E-state index contributed by atoms with van der Waals surface area (Å²) in [4.78, 5) is 28.0. The van der Waals surface area contributed by atoms with Crippen LogP contribution in [0.3, 0.4) is 0 Å². The Morgan fingerprint density at radius 2 is 1.62 bits per heavy atom. The highest BCUT2D eigenvalue weighted by molar-refractivity contribution is 6.01. The van der Waals surface area contributed by atoms with E-state index in [9.17, 15) is 9.59 Å². The molecule has 0 aromatic rings. The molecule has 0 spiro atoms. The van der Waals surface area contributed by atoms with E-state index in [-0.39, 0.29) is 11.8 Å². The van der Waals surface area contributed by atoms with Gasteiger partial charge in [0.05, 0.1) is 0 Å². The van der Waals surface area contributed by atoms with Gasteiger partial charge in [0.1, 0.15) is 0 Å². The first-order chi connectivity index (χ1) is 10.3. The maximum absolute atomic E-state index is 12.0. The van der Waals surface area contributed by atoms with Crippen molar-refractivity contribution in [3.8, 4) is 0 Å². The van der Waals surface area contributed by atoms with Gasteiger partial charge in [0.15, 0.2) is 0 Å². The van der Waals surface area contributed by atoms with Gasteiger partial charge >= 0.3 is 0 Å². The molecule has 3 aliphatic rings. The predicted molar refractivity (Wildman–Crippen MR) is 80.8 cm³/mol. The van der Waals surface area contributed by atoms with Gasteiger partial charge in [0.25, 0.3) is 0 Å². The molecule has 1 unspecified atom stereocenters. The van der Waals surface area contributed by atoms with E-state index < -0.39 is 0 Å². The van der Waals surface area contributed by atoms with Crippen molar-refractivity contribution in [1.82, 2.24) is 15.1 Å². The van der Waals surface area contributed by atoms with Crippen molar-refractivity contribution in [3.05, 3.63) is 0 Å². The molecule has 118 valence electrons. The van der Waals surface area contributed by atoms with E-state index in [1.807, 2.05) is 0 Å². The summed E-state index contributed by atoms with van der Waals surface area (Å²) >= 11 is 0. The van der Waals surface area contributed by atoms with E-state index in [2.05, 4.69) is 10.2 Å². The third-order valence-electron chi connectivity index (χ3n) is 5.34. The van der Waals surface area contributed by atoms with Gasteiger partial charge in [0, 0.05) is 51.6 Å². The van der Waals surface area contributed by atoms with Gasteiger partial charge in [-0.3, -0.25) is 19.4 Å². The number of nitrogens with one attached hydrogen (secondary N) is 1. The second kappa shape index (κ2) is 6.88. The van der Waals surface area contributed by atoms with Crippen molar-refractivity contribution in [1.29, 1.82) is 0 Å². The molecule has 1 N–H and O–H groups in total. The lowest BCUT2D eigenvalue weighted by Crippen LogP contribution is -2.55. The summed E-state index contributed by atoms with van der Waals surface area (Å²) in [7, 11) is 0. The number of imide groups is 1. The number of nitrogens with zero attached hydrogens (tertiary/aromatic N) is 2. The lowest BCUT2D eigenvalue weighted by atomic mass is 9.82. The molecule has 3 fully saturated rings. The number of hydrogen-bond donors (Lipinski definition) is 1. The van der Waals surface area contributed by atoms with Gasteiger partial charge in [-0.05, 0) is 18.8 Å². The van der Waals surface area contributed by atoms with Crippen LogP contribution in [0.25, 0.3) is 0 Å². The van der Waals surface area contributed by atoms with Crippen molar-refractivity contribution in [2.45, 2.75) is 51.0 Å². The van der Waals surface area contributed by atoms with E-state index >= 15 is 0 Å². The summed E-state index contributed by atoms with van der Waals surface area (Å²) < 4.78 is 0. The molecule has 5 heteroatoms. The molecule has 0 aromatic heterocycles. The topological polar surface area (TPSA) is 52.7 Å². The lowest BCUT2D eigenvalue weighted by Gasteiger charge is -2.42. The number of rotatable bonds is 4. The van der Waals surface area contributed by atoms with Crippen LogP contribution in [0.1, 0.15) is 44.9 Å². The number of carbonyl (C=O) groups is 2. The van der Waals surface area contributed by atoms with Crippen molar-refractivity contribution >= 4 is 11.8 Å². The Morgan fingerprint density at radius 1 is 1.00 bits per heavy atom. The fourth-order valence-electron chi connectivity index (χ4n) is 4.11. The highest BCUT2D eigenvalue weighted by Crippen LogP contribution is 2.30. The zero-order valence-corrected chi connectivity index (χ0v) is 12.9. The van der Waals surface area contributed by atoms with Crippen LogP contribution < -0.4 is 5.32 Å². The first-order valence-corrected chi connectivity index (χ1v) is 8.53. The van der Waals surface area contributed by atoms with Crippen LogP contribution in [0.4, 0.5) is 0 Å². The molecule has 2 aliphatic heterocycles. The summed E-state index contributed by atoms with van der Waals surface area (Å²) in [6, 6.07) is 0.374. The van der Waals surface area contributed by atoms with Crippen LogP contribution in [0, 0.1) is 5.92 Å². The number of hydrogen-bond acceptors (Lipinski definition) is 4. The highest BCUT2D eigenvalue weighted by Gasteiger charge is 2.36. The first-order valence-electron chi connectivity index (χ1n) is 8.53. The Bertz CT molecular complexity index is 353. The standard InChI is InChI=1S/C16H27N3O2/c20-15-6-7-16(21)19(15)12-14(13-4-2-1-3-5-13)18-10-8-17-9-11-18/h13-14,17H,1-12H2. The maximum atomic E-state index is 12.0. The second-order valence-electron chi connectivity index (χ2n) is 6.65. The van der Waals surface area contributed by atoms with Crippen LogP contribution in [-0.4, -0.2) is 60.4 Å². The molecular weight excluding hydrogens is 266 g/mol. The Kier molecular flexibility index (Phi) is 4.91. The SMILES string of the molecule is O=C1CCC(=O)N1CC(C1CCCCC1)N1CCNCC1. The zero-order chi connectivity index (χ0) is 14.7. The smallest absolute Gasteiger partial charge is 0.229 e. The first kappa shape index (κ1) is 15.0. The quantitative estimate of drug-likeness (QED) is 0.785. The molecule has 1 saturated carbocycles. The third-order valence-corrected chi connectivity index (χ3v) is 5.34. The second-order valence-corrected chi connectivity index (χ2v) is 6.65. The third kappa shape index (κ3) is 3.46. The average Bonchev–Trinajstić information content (AvgIpc) is 2.85. The Labute approximate surface area is 127 Å².